The molecule has 3 heteroatoms. The van der Waals surface area contributed by atoms with E-state index >= 15 is 0 Å². The minimum absolute atomic E-state index is 0.210. The molecule has 14 heavy (non-hydrogen) atoms. The summed E-state index contributed by atoms with van der Waals surface area (Å²) in [4.78, 5) is 12.6. The summed E-state index contributed by atoms with van der Waals surface area (Å²) < 4.78 is 0. The summed E-state index contributed by atoms with van der Waals surface area (Å²) in [5.74, 6) is -0.698. The predicted octanol–water partition coefficient (Wildman–Crippen LogP) is 2.22. The summed E-state index contributed by atoms with van der Waals surface area (Å²) in [6.45, 7) is 6.58. The largest absolute Gasteiger partial charge is 0.481 e. The minimum atomic E-state index is -0.698. The summed E-state index contributed by atoms with van der Waals surface area (Å²) in [5.41, 5.74) is 0.210. The highest BCUT2D eigenvalue weighted by molar-refractivity contribution is 5.66. The summed E-state index contributed by atoms with van der Waals surface area (Å²) in [5, 5.41) is 8.55. The molecule has 0 rings (SSSR count). The first-order valence-electron chi connectivity index (χ1n) is 5.13. The van der Waals surface area contributed by atoms with Gasteiger partial charge in [-0.25, -0.2) is 0 Å². The first kappa shape index (κ1) is 13.4. The highest BCUT2D eigenvalue weighted by Crippen LogP contribution is 2.26. The zero-order chi connectivity index (χ0) is 11.4. The number of rotatable bonds is 5. The quantitative estimate of drug-likeness (QED) is 0.741. The average Bonchev–Trinajstić information content (AvgIpc) is 1.94. The molecule has 0 radical (unpaired) electrons. The van der Waals surface area contributed by atoms with Crippen LogP contribution in [0.3, 0.4) is 0 Å². The Morgan fingerprint density at radius 3 is 2.14 bits per heavy atom. The number of hydrogen-bond donors (Lipinski definition) is 1. The van der Waals surface area contributed by atoms with Gasteiger partial charge in [-0.3, -0.25) is 4.79 Å². The van der Waals surface area contributed by atoms with E-state index in [4.69, 9.17) is 5.11 Å². The molecule has 0 aliphatic heterocycles. The molecule has 0 aliphatic carbocycles. The Hall–Kier alpha value is -0.570. The van der Waals surface area contributed by atoms with Crippen molar-refractivity contribution in [2.24, 2.45) is 5.41 Å². The molecule has 0 saturated carbocycles. The Bertz CT molecular complexity index is 182. The van der Waals surface area contributed by atoms with Gasteiger partial charge in [0.1, 0.15) is 0 Å². The molecule has 1 unspecified atom stereocenters. The van der Waals surface area contributed by atoms with Crippen molar-refractivity contribution < 1.29 is 9.90 Å². The fourth-order valence-electron chi connectivity index (χ4n) is 1.91. The van der Waals surface area contributed by atoms with Crippen LogP contribution >= 0.6 is 0 Å². The van der Waals surface area contributed by atoms with Crippen LogP contribution in [0.4, 0.5) is 0 Å². The summed E-state index contributed by atoms with van der Waals surface area (Å²) in [6.07, 6.45) is 1.98. The number of carboxylic acid groups (broad SMARTS) is 1. The Morgan fingerprint density at radius 1 is 1.36 bits per heavy atom. The van der Waals surface area contributed by atoms with E-state index in [9.17, 15) is 4.79 Å². The number of carbonyl (C=O) groups is 1. The molecule has 0 fully saturated rings. The maximum Gasteiger partial charge on any atom is 0.303 e. The molecule has 0 aromatic heterocycles. The molecule has 0 heterocycles. The molecule has 0 aliphatic rings. The van der Waals surface area contributed by atoms with Gasteiger partial charge in [0.15, 0.2) is 0 Å². The molecule has 0 aromatic rings. The molecule has 0 aromatic carbocycles. The zero-order valence-corrected chi connectivity index (χ0v) is 10.0. The van der Waals surface area contributed by atoms with E-state index in [1.54, 1.807) is 0 Å². The lowest BCUT2D eigenvalue weighted by molar-refractivity contribution is -0.137. The normalized spacial score (nSPS) is 14.4. The van der Waals surface area contributed by atoms with Crippen molar-refractivity contribution >= 4 is 5.97 Å². The van der Waals surface area contributed by atoms with Crippen LogP contribution in [0.1, 0.15) is 40.0 Å². The van der Waals surface area contributed by atoms with E-state index in [1.807, 2.05) is 0 Å². The van der Waals surface area contributed by atoms with Crippen molar-refractivity contribution in [2.45, 2.75) is 46.1 Å². The van der Waals surface area contributed by atoms with Crippen LogP contribution in [0.5, 0.6) is 0 Å². The van der Waals surface area contributed by atoms with Crippen molar-refractivity contribution in [3.8, 4) is 0 Å². The standard InChI is InChI=1S/C11H23NO2/c1-11(2,3)9(12(4)5)7-6-8-10(13)14/h9H,6-8H2,1-5H3,(H,13,14). The number of nitrogens with zero attached hydrogens (tertiary/aromatic N) is 1. The molecule has 0 saturated heterocycles. The van der Waals surface area contributed by atoms with Gasteiger partial charge in [0.25, 0.3) is 0 Å². The number of aliphatic carboxylic acids is 1. The van der Waals surface area contributed by atoms with Gasteiger partial charge in [-0.1, -0.05) is 20.8 Å². The third-order valence-corrected chi connectivity index (χ3v) is 2.49. The molecule has 84 valence electrons. The van der Waals surface area contributed by atoms with E-state index in [0.717, 1.165) is 12.8 Å². The fraction of sp³-hybridized carbons (Fsp3) is 0.909. The second-order valence-electron chi connectivity index (χ2n) is 5.13. The molecule has 1 N–H and O–H groups in total. The van der Waals surface area contributed by atoms with E-state index in [2.05, 4.69) is 39.8 Å². The summed E-state index contributed by atoms with van der Waals surface area (Å²) >= 11 is 0. The molecular formula is C11H23NO2. The smallest absolute Gasteiger partial charge is 0.303 e. The van der Waals surface area contributed by atoms with Gasteiger partial charge < -0.3 is 10.0 Å². The van der Waals surface area contributed by atoms with Gasteiger partial charge in [0.2, 0.25) is 0 Å². The minimum Gasteiger partial charge on any atom is -0.481 e. The first-order valence-corrected chi connectivity index (χ1v) is 5.13. The highest BCUT2D eigenvalue weighted by Gasteiger charge is 2.25. The van der Waals surface area contributed by atoms with Crippen LogP contribution < -0.4 is 0 Å². The second kappa shape index (κ2) is 5.35. The fourth-order valence-corrected chi connectivity index (χ4v) is 1.91. The lowest BCUT2D eigenvalue weighted by atomic mass is 9.83. The van der Waals surface area contributed by atoms with Crippen LogP contribution in [0.25, 0.3) is 0 Å². The second-order valence-corrected chi connectivity index (χ2v) is 5.13. The lowest BCUT2D eigenvalue weighted by Crippen LogP contribution is -2.39. The lowest BCUT2D eigenvalue weighted by Gasteiger charge is -2.36. The maximum absolute atomic E-state index is 10.4. The Morgan fingerprint density at radius 2 is 1.86 bits per heavy atom. The van der Waals surface area contributed by atoms with Crippen molar-refractivity contribution in [1.29, 1.82) is 0 Å². The first-order chi connectivity index (χ1) is 6.25. The number of hydrogen-bond acceptors (Lipinski definition) is 2. The maximum atomic E-state index is 10.4. The molecule has 0 amide bonds. The molecule has 3 nitrogen and oxygen atoms in total. The van der Waals surface area contributed by atoms with Crippen LogP contribution in [-0.4, -0.2) is 36.1 Å². The SMILES string of the molecule is CN(C)C(CCCC(=O)O)C(C)(C)C. The van der Waals surface area contributed by atoms with Gasteiger partial charge in [-0.05, 0) is 32.4 Å². The van der Waals surface area contributed by atoms with E-state index in [0.29, 0.717) is 6.04 Å². The Kier molecular flexibility index (Phi) is 5.13. The van der Waals surface area contributed by atoms with Gasteiger partial charge in [-0.2, -0.15) is 0 Å². The van der Waals surface area contributed by atoms with Crippen LogP contribution in [0, 0.1) is 5.41 Å². The van der Waals surface area contributed by atoms with E-state index < -0.39 is 5.97 Å². The third-order valence-electron chi connectivity index (χ3n) is 2.49. The Labute approximate surface area is 87.1 Å². The summed E-state index contributed by atoms with van der Waals surface area (Å²) in [7, 11) is 4.10. The topological polar surface area (TPSA) is 40.5 Å². The van der Waals surface area contributed by atoms with Crippen molar-refractivity contribution in [3.05, 3.63) is 0 Å². The van der Waals surface area contributed by atoms with Gasteiger partial charge in [0, 0.05) is 12.5 Å². The molecule has 1 atom stereocenters. The molecule has 0 bridgehead atoms. The van der Waals surface area contributed by atoms with Gasteiger partial charge in [-0.15, -0.1) is 0 Å². The molecular weight excluding hydrogens is 178 g/mol. The van der Waals surface area contributed by atoms with Crippen LogP contribution in [0.15, 0.2) is 0 Å². The number of carboxylic acids is 1. The third kappa shape index (κ3) is 5.22. The van der Waals surface area contributed by atoms with E-state index in [-0.39, 0.29) is 11.8 Å². The highest BCUT2D eigenvalue weighted by atomic mass is 16.4. The Balaban J connectivity index is 4.06. The average molecular weight is 201 g/mol. The van der Waals surface area contributed by atoms with Crippen molar-refractivity contribution in [2.75, 3.05) is 14.1 Å². The zero-order valence-electron chi connectivity index (χ0n) is 10.0. The predicted molar refractivity (Wildman–Crippen MR) is 58.4 cm³/mol. The van der Waals surface area contributed by atoms with Crippen LogP contribution in [0.2, 0.25) is 0 Å². The van der Waals surface area contributed by atoms with Crippen molar-refractivity contribution in [3.63, 3.8) is 0 Å². The molecule has 0 spiro atoms. The van der Waals surface area contributed by atoms with Gasteiger partial charge >= 0.3 is 5.97 Å². The van der Waals surface area contributed by atoms with E-state index in [1.165, 1.54) is 0 Å². The van der Waals surface area contributed by atoms with Crippen LogP contribution in [-0.2, 0) is 4.79 Å². The monoisotopic (exact) mass is 201 g/mol. The van der Waals surface area contributed by atoms with Gasteiger partial charge in [0.05, 0.1) is 0 Å². The summed E-state index contributed by atoms with van der Waals surface area (Å²) in [6, 6.07) is 0.446. The van der Waals surface area contributed by atoms with Crippen molar-refractivity contribution in [1.82, 2.24) is 4.90 Å².